The van der Waals surface area contributed by atoms with Gasteiger partial charge in [0.15, 0.2) is 0 Å². The maximum absolute atomic E-state index is 12.1. The quantitative estimate of drug-likeness (QED) is 0.755. The summed E-state index contributed by atoms with van der Waals surface area (Å²) in [6, 6.07) is 5.72. The van der Waals surface area contributed by atoms with Gasteiger partial charge in [-0.25, -0.2) is 0 Å². The Kier molecular flexibility index (Phi) is 4.40. The van der Waals surface area contributed by atoms with Crippen molar-refractivity contribution in [1.29, 1.82) is 5.26 Å². The van der Waals surface area contributed by atoms with Crippen LogP contribution >= 0.6 is 0 Å². The third-order valence-corrected chi connectivity index (χ3v) is 1.97. The summed E-state index contributed by atoms with van der Waals surface area (Å²) in [6.45, 7) is -2.99. The van der Waals surface area contributed by atoms with Gasteiger partial charge >= 0.3 is 12.6 Å². The highest BCUT2D eigenvalue weighted by molar-refractivity contribution is 5.73. The van der Waals surface area contributed by atoms with E-state index in [1.165, 1.54) is 25.3 Å². The van der Waals surface area contributed by atoms with E-state index in [1.807, 2.05) is 6.07 Å². The Hall–Kier alpha value is -2.16. The number of methoxy groups -OCH3 is 1. The van der Waals surface area contributed by atoms with Crippen molar-refractivity contribution in [3.05, 3.63) is 29.3 Å². The smallest absolute Gasteiger partial charge is 0.387 e. The molecule has 17 heavy (non-hydrogen) atoms. The van der Waals surface area contributed by atoms with Crippen molar-refractivity contribution < 1.29 is 23.0 Å². The molecule has 0 saturated heterocycles. The molecule has 0 spiro atoms. The first-order valence-corrected chi connectivity index (χ1v) is 4.61. The number of nitrogens with zero attached hydrogens (tertiary/aromatic N) is 1. The van der Waals surface area contributed by atoms with E-state index < -0.39 is 12.6 Å². The van der Waals surface area contributed by atoms with E-state index in [9.17, 15) is 13.6 Å². The van der Waals surface area contributed by atoms with Crippen LogP contribution in [0.3, 0.4) is 0 Å². The molecule has 4 nitrogen and oxygen atoms in total. The maximum Gasteiger partial charge on any atom is 0.387 e. The summed E-state index contributed by atoms with van der Waals surface area (Å²) in [5.41, 5.74) is 0.446. The number of benzene rings is 1. The van der Waals surface area contributed by atoms with Crippen LogP contribution in [-0.2, 0) is 16.0 Å². The zero-order chi connectivity index (χ0) is 12.8. The third kappa shape index (κ3) is 3.72. The minimum atomic E-state index is -2.99. The molecule has 0 radical (unpaired) electrons. The van der Waals surface area contributed by atoms with Crippen LogP contribution in [0, 0.1) is 11.3 Å². The van der Waals surface area contributed by atoms with E-state index in [1.54, 1.807) is 0 Å². The number of carbonyl (C=O) groups is 1. The zero-order valence-electron chi connectivity index (χ0n) is 8.94. The molecule has 0 unspecified atom stereocenters. The molecular weight excluding hydrogens is 232 g/mol. The third-order valence-electron chi connectivity index (χ3n) is 1.97. The van der Waals surface area contributed by atoms with Crippen LogP contribution in [0.4, 0.5) is 8.78 Å². The minimum absolute atomic E-state index is 0.135. The Morgan fingerprint density at radius 1 is 1.53 bits per heavy atom. The molecule has 0 N–H and O–H groups in total. The second-order valence-electron chi connectivity index (χ2n) is 3.07. The molecule has 6 heteroatoms. The van der Waals surface area contributed by atoms with Crippen molar-refractivity contribution in [3.8, 4) is 11.8 Å². The number of nitriles is 1. The number of hydrogen-bond acceptors (Lipinski definition) is 4. The number of esters is 1. The molecule has 1 aromatic rings. The fraction of sp³-hybridized carbons (Fsp3) is 0.273. The average molecular weight is 241 g/mol. The summed E-state index contributed by atoms with van der Waals surface area (Å²) in [5, 5.41) is 8.67. The van der Waals surface area contributed by atoms with Crippen LogP contribution in [0.1, 0.15) is 11.1 Å². The summed E-state index contributed by atoms with van der Waals surface area (Å²) in [7, 11) is 1.18. The number of alkyl halides is 2. The lowest BCUT2D eigenvalue weighted by Gasteiger charge is -2.10. The standard InChI is InChI=1S/C11H9F2NO3/c1-16-10(15)5-8-4-7(6-14)2-3-9(8)17-11(12)13/h2-4,11H,5H2,1H3. The van der Waals surface area contributed by atoms with Gasteiger partial charge in [0, 0.05) is 5.56 Å². The van der Waals surface area contributed by atoms with Gasteiger partial charge in [-0.2, -0.15) is 14.0 Å². The van der Waals surface area contributed by atoms with Crippen molar-refractivity contribution in [3.63, 3.8) is 0 Å². The lowest BCUT2D eigenvalue weighted by atomic mass is 10.1. The number of hydrogen-bond donors (Lipinski definition) is 0. The van der Waals surface area contributed by atoms with E-state index in [0.29, 0.717) is 0 Å². The molecule has 0 aliphatic heterocycles. The molecule has 0 saturated carbocycles. The van der Waals surface area contributed by atoms with Crippen molar-refractivity contribution in [2.24, 2.45) is 0 Å². The van der Waals surface area contributed by atoms with Gasteiger partial charge in [-0.05, 0) is 18.2 Å². The summed E-state index contributed by atoms with van der Waals surface area (Å²) >= 11 is 0. The van der Waals surface area contributed by atoms with E-state index in [4.69, 9.17) is 5.26 Å². The normalized spacial score (nSPS) is 9.82. The summed E-state index contributed by atoms with van der Waals surface area (Å²) in [6.07, 6.45) is -0.228. The Morgan fingerprint density at radius 3 is 2.76 bits per heavy atom. The van der Waals surface area contributed by atoms with Crippen LogP contribution < -0.4 is 4.74 Å². The average Bonchev–Trinajstić information content (AvgIpc) is 2.30. The second-order valence-corrected chi connectivity index (χ2v) is 3.07. The largest absolute Gasteiger partial charge is 0.469 e. The highest BCUT2D eigenvalue weighted by atomic mass is 19.3. The molecule has 0 amide bonds. The van der Waals surface area contributed by atoms with Crippen molar-refractivity contribution in [2.75, 3.05) is 7.11 Å². The Bertz CT molecular complexity index is 455. The van der Waals surface area contributed by atoms with Gasteiger partial charge in [-0.15, -0.1) is 0 Å². The summed E-state index contributed by atoms with van der Waals surface area (Å²) in [4.78, 5) is 11.1. The minimum Gasteiger partial charge on any atom is -0.469 e. The van der Waals surface area contributed by atoms with Crippen LogP contribution in [0.15, 0.2) is 18.2 Å². The molecule has 90 valence electrons. The van der Waals surface area contributed by atoms with Gasteiger partial charge in [0.05, 0.1) is 25.2 Å². The molecule has 1 aromatic carbocycles. The molecule has 0 bridgehead atoms. The van der Waals surface area contributed by atoms with Gasteiger partial charge in [-0.1, -0.05) is 0 Å². The van der Waals surface area contributed by atoms with Gasteiger partial charge in [0.2, 0.25) is 0 Å². The predicted octanol–water partition coefficient (Wildman–Crippen LogP) is 1.88. The molecular formula is C11H9F2NO3. The lowest BCUT2D eigenvalue weighted by molar-refractivity contribution is -0.139. The van der Waals surface area contributed by atoms with Gasteiger partial charge in [0.25, 0.3) is 0 Å². The molecule has 0 fully saturated rings. The molecule has 1 rings (SSSR count). The number of ether oxygens (including phenoxy) is 2. The Labute approximate surface area is 96.4 Å². The molecule has 0 aromatic heterocycles. The van der Waals surface area contributed by atoms with Crippen molar-refractivity contribution in [2.45, 2.75) is 13.0 Å². The number of carbonyl (C=O) groups excluding carboxylic acids is 1. The first-order chi connectivity index (χ1) is 8.06. The summed E-state index contributed by atoms with van der Waals surface area (Å²) < 4.78 is 32.9. The fourth-order valence-corrected chi connectivity index (χ4v) is 1.23. The number of halogens is 2. The first kappa shape index (κ1) is 12.9. The SMILES string of the molecule is COC(=O)Cc1cc(C#N)ccc1OC(F)F. The molecule has 0 heterocycles. The van der Waals surface area contributed by atoms with Gasteiger partial charge in [-0.3, -0.25) is 4.79 Å². The van der Waals surface area contributed by atoms with E-state index in [0.717, 1.165) is 0 Å². The Morgan fingerprint density at radius 2 is 2.24 bits per heavy atom. The highest BCUT2D eigenvalue weighted by Gasteiger charge is 2.13. The fourth-order valence-electron chi connectivity index (χ4n) is 1.23. The van der Waals surface area contributed by atoms with E-state index in [2.05, 4.69) is 9.47 Å². The van der Waals surface area contributed by atoms with Crippen LogP contribution in [0.5, 0.6) is 5.75 Å². The van der Waals surface area contributed by atoms with Crippen LogP contribution in [0.2, 0.25) is 0 Å². The summed E-state index contributed by atoms with van der Waals surface area (Å²) in [5.74, 6) is -0.733. The molecule has 0 aliphatic carbocycles. The van der Waals surface area contributed by atoms with Crippen molar-refractivity contribution >= 4 is 5.97 Å². The Balaban J connectivity index is 3.03. The lowest BCUT2D eigenvalue weighted by Crippen LogP contribution is -2.09. The maximum atomic E-state index is 12.1. The number of rotatable bonds is 4. The van der Waals surface area contributed by atoms with Crippen molar-refractivity contribution in [1.82, 2.24) is 0 Å². The topological polar surface area (TPSA) is 59.3 Å². The molecule has 0 aliphatic rings. The molecule has 0 atom stereocenters. The second kappa shape index (κ2) is 5.80. The predicted molar refractivity (Wildman–Crippen MR) is 53.5 cm³/mol. The van der Waals surface area contributed by atoms with Gasteiger partial charge in [0.1, 0.15) is 5.75 Å². The van der Waals surface area contributed by atoms with Crippen LogP contribution in [0.25, 0.3) is 0 Å². The van der Waals surface area contributed by atoms with E-state index in [-0.39, 0.29) is 23.3 Å². The zero-order valence-corrected chi connectivity index (χ0v) is 8.94. The van der Waals surface area contributed by atoms with E-state index >= 15 is 0 Å². The van der Waals surface area contributed by atoms with Gasteiger partial charge < -0.3 is 9.47 Å². The highest BCUT2D eigenvalue weighted by Crippen LogP contribution is 2.22. The first-order valence-electron chi connectivity index (χ1n) is 4.61. The monoisotopic (exact) mass is 241 g/mol. The van der Waals surface area contributed by atoms with Crippen LogP contribution in [-0.4, -0.2) is 19.7 Å².